The van der Waals surface area contributed by atoms with Gasteiger partial charge in [-0.3, -0.25) is 0 Å². The van der Waals surface area contributed by atoms with Crippen molar-refractivity contribution < 1.29 is 4.74 Å². The van der Waals surface area contributed by atoms with Gasteiger partial charge in [0.1, 0.15) is 22.2 Å². The van der Waals surface area contributed by atoms with Crippen LogP contribution in [0.1, 0.15) is 12.7 Å². The lowest BCUT2D eigenvalue weighted by Crippen LogP contribution is -2.14. The van der Waals surface area contributed by atoms with Crippen LogP contribution in [0.2, 0.25) is 0 Å². The molecule has 0 unspecified atom stereocenters. The number of rotatable bonds is 6. The van der Waals surface area contributed by atoms with Gasteiger partial charge in [0, 0.05) is 24.0 Å². The van der Waals surface area contributed by atoms with Gasteiger partial charge in [-0.25, -0.2) is 9.97 Å². The molecule has 0 aliphatic carbocycles. The zero-order valence-electron chi connectivity index (χ0n) is 13.3. The molecule has 6 heteroatoms. The molecule has 0 radical (unpaired) electrons. The summed E-state index contributed by atoms with van der Waals surface area (Å²) in [4.78, 5) is 10.1. The third kappa shape index (κ3) is 3.28. The smallest absolute Gasteiger partial charge is 0.139 e. The van der Waals surface area contributed by atoms with Crippen molar-refractivity contribution in [2.75, 3.05) is 25.0 Å². The Morgan fingerprint density at radius 1 is 1.22 bits per heavy atom. The molecule has 0 amide bonds. The first-order valence-corrected chi connectivity index (χ1v) is 8.54. The molecule has 0 spiro atoms. The highest BCUT2D eigenvalue weighted by Crippen LogP contribution is 2.37. The molecule has 23 heavy (non-hydrogen) atoms. The Balaban J connectivity index is 2.06. The molecule has 2 heterocycles. The van der Waals surface area contributed by atoms with E-state index in [1.807, 2.05) is 26.0 Å². The van der Waals surface area contributed by atoms with E-state index in [1.54, 1.807) is 11.3 Å². The van der Waals surface area contributed by atoms with Crippen molar-refractivity contribution in [3.8, 4) is 16.9 Å². The molecule has 0 bridgehead atoms. The first-order valence-electron chi connectivity index (χ1n) is 7.66. The number of nitrogens with one attached hydrogen (secondary N) is 1. The predicted octanol–water partition coefficient (Wildman–Crippen LogP) is 3.44. The van der Waals surface area contributed by atoms with Crippen LogP contribution in [0, 0.1) is 6.92 Å². The van der Waals surface area contributed by atoms with Gasteiger partial charge in [-0.2, -0.15) is 0 Å². The summed E-state index contributed by atoms with van der Waals surface area (Å²) in [5.74, 6) is 2.49. The molecule has 0 fully saturated rings. The fraction of sp³-hybridized carbons (Fsp3) is 0.294. The summed E-state index contributed by atoms with van der Waals surface area (Å²) in [5.41, 5.74) is 7.87. The van der Waals surface area contributed by atoms with Gasteiger partial charge >= 0.3 is 0 Å². The van der Waals surface area contributed by atoms with Gasteiger partial charge in [0.05, 0.1) is 12.0 Å². The molecule has 120 valence electrons. The molecule has 0 aliphatic rings. The predicted molar refractivity (Wildman–Crippen MR) is 96.3 cm³/mol. The van der Waals surface area contributed by atoms with Crippen LogP contribution in [-0.4, -0.2) is 29.7 Å². The number of hydrogen-bond acceptors (Lipinski definition) is 6. The van der Waals surface area contributed by atoms with Crippen molar-refractivity contribution in [2.45, 2.75) is 13.8 Å². The Morgan fingerprint density at radius 2 is 2.00 bits per heavy atom. The Labute approximate surface area is 139 Å². The zero-order chi connectivity index (χ0) is 16.2. The van der Waals surface area contributed by atoms with Crippen LogP contribution in [0.15, 0.2) is 29.6 Å². The Bertz CT molecular complexity index is 798. The normalized spacial score (nSPS) is 10.9. The summed E-state index contributed by atoms with van der Waals surface area (Å²) in [6.45, 7) is 5.80. The summed E-state index contributed by atoms with van der Waals surface area (Å²) in [5, 5.41) is 6.49. The maximum atomic E-state index is 5.61. The third-order valence-electron chi connectivity index (χ3n) is 3.46. The van der Waals surface area contributed by atoms with Crippen molar-refractivity contribution in [1.29, 1.82) is 0 Å². The molecule has 2 aromatic heterocycles. The highest BCUT2D eigenvalue weighted by atomic mass is 32.1. The van der Waals surface area contributed by atoms with Gasteiger partial charge in [0.15, 0.2) is 0 Å². The molecular weight excluding hydrogens is 308 g/mol. The zero-order valence-corrected chi connectivity index (χ0v) is 14.1. The van der Waals surface area contributed by atoms with Gasteiger partial charge in [0.25, 0.3) is 0 Å². The van der Waals surface area contributed by atoms with Crippen molar-refractivity contribution in [2.24, 2.45) is 5.73 Å². The Kier molecular flexibility index (Phi) is 4.73. The van der Waals surface area contributed by atoms with Gasteiger partial charge in [-0.15, -0.1) is 11.3 Å². The lowest BCUT2D eigenvalue weighted by molar-refractivity contribution is 0.340. The molecule has 5 nitrogen and oxygen atoms in total. The number of hydrogen-bond donors (Lipinski definition) is 2. The highest BCUT2D eigenvalue weighted by Gasteiger charge is 2.14. The number of ether oxygens (including phenoxy) is 1. The lowest BCUT2D eigenvalue weighted by Gasteiger charge is -2.09. The summed E-state index contributed by atoms with van der Waals surface area (Å²) >= 11 is 1.63. The summed E-state index contributed by atoms with van der Waals surface area (Å²) in [6.07, 6.45) is 0. The Morgan fingerprint density at radius 3 is 2.70 bits per heavy atom. The molecule has 0 saturated carbocycles. The molecule has 0 saturated heterocycles. The van der Waals surface area contributed by atoms with Crippen molar-refractivity contribution in [1.82, 2.24) is 9.97 Å². The van der Waals surface area contributed by atoms with E-state index in [0.717, 1.165) is 38.7 Å². The minimum Gasteiger partial charge on any atom is -0.494 e. The van der Waals surface area contributed by atoms with Gasteiger partial charge in [0.2, 0.25) is 0 Å². The van der Waals surface area contributed by atoms with E-state index in [4.69, 9.17) is 10.5 Å². The number of thiophene rings is 1. The quantitative estimate of drug-likeness (QED) is 0.725. The topological polar surface area (TPSA) is 73.1 Å². The van der Waals surface area contributed by atoms with Gasteiger partial charge in [-0.05, 0) is 31.5 Å². The molecule has 3 N–H and O–H groups in total. The number of benzene rings is 1. The summed E-state index contributed by atoms with van der Waals surface area (Å²) in [7, 11) is 0. The number of anilines is 1. The van der Waals surface area contributed by atoms with Crippen LogP contribution in [0.4, 0.5) is 5.82 Å². The number of nitrogens with two attached hydrogens (primary N) is 1. The number of fused-ring (bicyclic) bond motifs is 1. The fourth-order valence-corrected chi connectivity index (χ4v) is 3.47. The minimum atomic E-state index is 0.563. The monoisotopic (exact) mass is 328 g/mol. The summed E-state index contributed by atoms with van der Waals surface area (Å²) < 4.78 is 5.51. The summed E-state index contributed by atoms with van der Waals surface area (Å²) in [6, 6.07) is 8.12. The lowest BCUT2D eigenvalue weighted by atomic mass is 10.1. The van der Waals surface area contributed by atoms with Crippen LogP contribution in [-0.2, 0) is 0 Å². The standard InChI is InChI=1S/C17H20N4OS/c1-3-22-13-6-4-12(5-7-13)14-10-23-17-15(14)16(19-9-8-18)20-11(2)21-17/h4-7,10H,3,8-9,18H2,1-2H3,(H,19,20,21). The fourth-order valence-electron chi connectivity index (χ4n) is 2.48. The molecular formula is C17H20N4OS. The van der Waals surface area contributed by atoms with E-state index in [2.05, 4.69) is 32.8 Å². The second-order valence-corrected chi connectivity index (χ2v) is 5.98. The van der Waals surface area contributed by atoms with Crippen LogP contribution in [0.5, 0.6) is 5.75 Å². The van der Waals surface area contributed by atoms with Crippen LogP contribution in [0.25, 0.3) is 21.3 Å². The van der Waals surface area contributed by atoms with Crippen LogP contribution >= 0.6 is 11.3 Å². The molecule has 3 rings (SSSR count). The number of aryl methyl sites for hydroxylation is 1. The van der Waals surface area contributed by atoms with E-state index < -0.39 is 0 Å². The molecule has 1 aromatic carbocycles. The highest BCUT2D eigenvalue weighted by molar-refractivity contribution is 7.17. The number of aromatic nitrogens is 2. The van der Waals surface area contributed by atoms with Crippen molar-refractivity contribution in [3.63, 3.8) is 0 Å². The largest absolute Gasteiger partial charge is 0.494 e. The SMILES string of the molecule is CCOc1ccc(-c2csc3nc(C)nc(NCCN)c23)cc1. The van der Waals surface area contributed by atoms with Gasteiger partial charge < -0.3 is 15.8 Å². The molecule has 3 aromatic rings. The average Bonchev–Trinajstić information content (AvgIpc) is 2.97. The van der Waals surface area contributed by atoms with Crippen LogP contribution in [0.3, 0.4) is 0 Å². The molecule has 0 aliphatic heterocycles. The first-order chi connectivity index (χ1) is 11.2. The first kappa shape index (κ1) is 15.7. The average molecular weight is 328 g/mol. The second-order valence-electron chi connectivity index (χ2n) is 5.12. The van der Waals surface area contributed by atoms with E-state index in [0.29, 0.717) is 19.7 Å². The maximum Gasteiger partial charge on any atom is 0.139 e. The van der Waals surface area contributed by atoms with Crippen molar-refractivity contribution >= 4 is 27.4 Å². The molecule has 0 atom stereocenters. The van der Waals surface area contributed by atoms with E-state index in [9.17, 15) is 0 Å². The van der Waals surface area contributed by atoms with E-state index >= 15 is 0 Å². The third-order valence-corrected chi connectivity index (χ3v) is 4.33. The second kappa shape index (κ2) is 6.93. The maximum absolute atomic E-state index is 5.61. The number of nitrogens with zero attached hydrogens (tertiary/aromatic N) is 2. The van der Waals surface area contributed by atoms with Crippen LogP contribution < -0.4 is 15.8 Å². The minimum absolute atomic E-state index is 0.563. The Hall–Kier alpha value is -2.18. The van der Waals surface area contributed by atoms with E-state index in [-0.39, 0.29) is 0 Å². The van der Waals surface area contributed by atoms with E-state index in [1.165, 1.54) is 0 Å². The van der Waals surface area contributed by atoms with Gasteiger partial charge in [-0.1, -0.05) is 12.1 Å². The van der Waals surface area contributed by atoms with Crippen molar-refractivity contribution in [3.05, 3.63) is 35.5 Å².